The summed E-state index contributed by atoms with van der Waals surface area (Å²) < 4.78 is 10.4. The molecule has 2 aliphatic carbocycles. The lowest BCUT2D eigenvalue weighted by Gasteiger charge is -2.32. The van der Waals surface area contributed by atoms with Crippen LogP contribution >= 0.6 is 11.3 Å². The van der Waals surface area contributed by atoms with E-state index in [1.165, 1.54) is 25.6 Å². The lowest BCUT2D eigenvalue weighted by Crippen LogP contribution is -2.35. The largest absolute Gasteiger partial charge is 0.466 e. The van der Waals surface area contributed by atoms with E-state index in [0.29, 0.717) is 23.0 Å². The molecule has 7 heteroatoms. The minimum Gasteiger partial charge on any atom is -0.466 e. The number of esters is 2. The minimum atomic E-state index is -0.514. The molecule has 1 N–H and O–H groups in total. The Morgan fingerprint density at radius 3 is 2.14 bits per heavy atom. The van der Waals surface area contributed by atoms with Gasteiger partial charge in [0.25, 0.3) is 0 Å². The molecule has 0 saturated heterocycles. The van der Waals surface area contributed by atoms with Crippen LogP contribution in [-0.4, -0.2) is 31.1 Å². The third-order valence-corrected chi connectivity index (χ3v) is 6.82. The first-order valence-electron chi connectivity index (χ1n) is 9.88. The Morgan fingerprint density at radius 1 is 1.03 bits per heavy atom. The van der Waals surface area contributed by atoms with Crippen molar-refractivity contribution in [2.75, 3.05) is 14.2 Å². The van der Waals surface area contributed by atoms with Gasteiger partial charge in [0.15, 0.2) is 0 Å². The van der Waals surface area contributed by atoms with E-state index in [-0.39, 0.29) is 0 Å². The average Bonchev–Trinajstić information content (AvgIpc) is 3.68. The number of carbonyl (C=O) groups is 2. The summed E-state index contributed by atoms with van der Waals surface area (Å²) in [5.74, 6) is -0.696. The molecule has 29 heavy (non-hydrogen) atoms. The first-order chi connectivity index (χ1) is 14.1. The Kier molecular flexibility index (Phi) is 4.42. The highest BCUT2D eigenvalue weighted by Crippen LogP contribution is 2.51. The molecule has 5 rings (SSSR count). The topological polar surface area (TPSA) is 77.5 Å². The Labute approximate surface area is 172 Å². The molecule has 3 heterocycles. The molecule has 0 unspecified atom stereocenters. The number of methoxy groups -OCH3 is 2. The molecule has 2 fully saturated rings. The molecular formula is C22H22N2O4S. The summed E-state index contributed by atoms with van der Waals surface area (Å²) in [7, 11) is 2.78. The van der Waals surface area contributed by atoms with E-state index in [1.807, 2.05) is 17.5 Å². The number of thiophene rings is 1. The van der Waals surface area contributed by atoms with Crippen molar-refractivity contribution in [1.29, 1.82) is 0 Å². The van der Waals surface area contributed by atoms with Gasteiger partial charge in [-0.2, -0.15) is 0 Å². The van der Waals surface area contributed by atoms with Crippen molar-refractivity contribution in [3.63, 3.8) is 0 Å². The van der Waals surface area contributed by atoms with E-state index in [9.17, 15) is 9.59 Å². The van der Waals surface area contributed by atoms with Gasteiger partial charge in [0, 0.05) is 23.0 Å². The maximum atomic E-state index is 13.0. The molecule has 0 radical (unpaired) electrons. The Balaban J connectivity index is 1.78. The number of carbonyl (C=O) groups excluding carboxylic acids is 2. The third kappa shape index (κ3) is 3.04. The zero-order chi connectivity index (χ0) is 20.1. The summed E-state index contributed by atoms with van der Waals surface area (Å²) in [6, 6.07) is 3.87. The van der Waals surface area contributed by atoms with Gasteiger partial charge in [0.2, 0.25) is 0 Å². The number of ether oxygens (including phenoxy) is 2. The summed E-state index contributed by atoms with van der Waals surface area (Å²) in [6.45, 7) is 0. The Bertz CT molecular complexity index is 1030. The number of fused-ring (bicyclic) bond motifs is 1. The molecule has 0 amide bonds. The zero-order valence-electron chi connectivity index (χ0n) is 16.4. The highest BCUT2D eigenvalue weighted by molar-refractivity contribution is 7.16. The van der Waals surface area contributed by atoms with Crippen LogP contribution in [0.15, 0.2) is 46.2 Å². The first kappa shape index (κ1) is 18.4. The molecule has 150 valence electrons. The predicted molar refractivity (Wildman–Crippen MR) is 109 cm³/mol. The number of nitrogens with zero attached hydrogens (tertiary/aromatic N) is 1. The maximum Gasteiger partial charge on any atom is 0.336 e. The second kappa shape index (κ2) is 6.99. The van der Waals surface area contributed by atoms with Crippen molar-refractivity contribution in [1.82, 2.24) is 10.3 Å². The molecule has 2 aromatic heterocycles. The van der Waals surface area contributed by atoms with E-state index < -0.39 is 17.9 Å². The summed E-state index contributed by atoms with van der Waals surface area (Å²) >= 11 is 1.52. The first-order valence-corrected chi connectivity index (χ1v) is 10.8. The van der Waals surface area contributed by atoms with Gasteiger partial charge in [-0.15, -0.1) is 11.3 Å². The van der Waals surface area contributed by atoms with Crippen molar-refractivity contribution in [2.24, 2.45) is 11.8 Å². The lowest BCUT2D eigenvalue weighted by atomic mass is 9.78. The second-order valence-electron chi connectivity index (χ2n) is 7.79. The minimum absolute atomic E-state index is 0.308. The SMILES string of the molecule is COC(=O)C1=C(C2CC2)NC(C2CC2)=C(C(=O)OC)C1c1csc2ncccc12. The number of pyridine rings is 1. The van der Waals surface area contributed by atoms with Crippen LogP contribution in [0.2, 0.25) is 0 Å². The molecule has 0 aromatic carbocycles. The van der Waals surface area contributed by atoms with Crippen LogP contribution in [0.4, 0.5) is 0 Å². The van der Waals surface area contributed by atoms with Crippen molar-refractivity contribution in [2.45, 2.75) is 31.6 Å². The maximum absolute atomic E-state index is 13.0. The van der Waals surface area contributed by atoms with Crippen molar-refractivity contribution in [3.8, 4) is 0 Å². The molecule has 0 atom stereocenters. The summed E-state index contributed by atoms with van der Waals surface area (Å²) in [6.07, 6.45) is 5.89. The van der Waals surface area contributed by atoms with Crippen LogP contribution in [0.5, 0.6) is 0 Å². The number of aromatic nitrogens is 1. The highest BCUT2D eigenvalue weighted by atomic mass is 32.1. The Morgan fingerprint density at radius 2 is 1.62 bits per heavy atom. The number of allylic oxidation sites excluding steroid dienone is 2. The fourth-order valence-corrected chi connectivity index (χ4v) is 5.16. The summed E-state index contributed by atoms with van der Waals surface area (Å²) in [5, 5.41) is 6.46. The number of rotatable bonds is 5. The van der Waals surface area contributed by atoms with Gasteiger partial charge in [-0.1, -0.05) is 6.07 Å². The molecule has 0 bridgehead atoms. The predicted octanol–water partition coefficient (Wildman–Crippen LogP) is 3.66. The third-order valence-electron chi connectivity index (χ3n) is 5.90. The van der Waals surface area contributed by atoms with Crippen LogP contribution in [0.3, 0.4) is 0 Å². The summed E-state index contributed by atoms with van der Waals surface area (Å²) in [5.41, 5.74) is 3.81. The molecular weight excluding hydrogens is 388 g/mol. The Hall–Kier alpha value is -2.67. The fourth-order valence-electron chi connectivity index (χ4n) is 4.22. The zero-order valence-corrected chi connectivity index (χ0v) is 17.2. The van der Waals surface area contributed by atoms with Gasteiger partial charge < -0.3 is 14.8 Å². The standard InChI is InChI=1S/C22H22N2O4S/c1-27-21(25)16-15(14-10-29-20-13(14)4-3-9-23-20)17(22(26)28-2)19(12-7-8-12)24-18(16)11-5-6-11/h3-4,9-12,15,24H,5-8H2,1-2H3. The number of hydrogen-bond donors (Lipinski definition) is 1. The smallest absolute Gasteiger partial charge is 0.336 e. The van der Waals surface area contributed by atoms with E-state index in [2.05, 4.69) is 10.3 Å². The van der Waals surface area contributed by atoms with Crippen LogP contribution in [-0.2, 0) is 19.1 Å². The fraction of sp³-hybridized carbons (Fsp3) is 0.409. The van der Waals surface area contributed by atoms with Gasteiger partial charge in [-0.25, -0.2) is 14.6 Å². The van der Waals surface area contributed by atoms with Gasteiger partial charge >= 0.3 is 11.9 Å². The van der Waals surface area contributed by atoms with Gasteiger partial charge in [-0.3, -0.25) is 0 Å². The van der Waals surface area contributed by atoms with E-state index in [1.54, 1.807) is 6.20 Å². The average molecular weight is 410 g/mol. The van der Waals surface area contributed by atoms with Crippen LogP contribution < -0.4 is 5.32 Å². The number of nitrogens with one attached hydrogen (secondary N) is 1. The van der Waals surface area contributed by atoms with E-state index in [4.69, 9.17) is 9.47 Å². The van der Waals surface area contributed by atoms with Gasteiger partial charge in [-0.05, 0) is 54.5 Å². The van der Waals surface area contributed by atoms with E-state index >= 15 is 0 Å². The molecule has 2 aromatic rings. The van der Waals surface area contributed by atoms with Gasteiger partial charge in [0.1, 0.15) is 4.83 Å². The molecule has 3 aliphatic rings. The molecule has 2 saturated carbocycles. The molecule has 6 nitrogen and oxygen atoms in total. The quantitative estimate of drug-likeness (QED) is 0.758. The number of hydrogen-bond acceptors (Lipinski definition) is 7. The summed E-state index contributed by atoms with van der Waals surface area (Å²) in [4.78, 5) is 31.3. The van der Waals surface area contributed by atoms with Crippen molar-refractivity contribution in [3.05, 3.63) is 51.8 Å². The van der Waals surface area contributed by atoms with E-state index in [0.717, 1.165) is 52.9 Å². The van der Waals surface area contributed by atoms with Crippen LogP contribution in [0.1, 0.15) is 37.2 Å². The van der Waals surface area contributed by atoms with Crippen LogP contribution in [0.25, 0.3) is 10.2 Å². The monoisotopic (exact) mass is 410 g/mol. The molecule has 0 spiro atoms. The normalized spacial score (nSPS) is 20.1. The second-order valence-corrected chi connectivity index (χ2v) is 8.65. The molecule has 1 aliphatic heterocycles. The van der Waals surface area contributed by atoms with Crippen LogP contribution in [0, 0.1) is 11.8 Å². The van der Waals surface area contributed by atoms with Crippen molar-refractivity contribution < 1.29 is 19.1 Å². The van der Waals surface area contributed by atoms with Gasteiger partial charge in [0.05, 0.1) is 31.3 Å². The number of dihydropyridines is 1. The lowest BCUT2D eigenvalue weighted by molar-refractivity contribution is -0.137. The van der Waals surface area contributed by atoms with Crippen molar-refractivity contribution >= 4 is 33.5 Å². The highest BCUT2D eigenvalue weighted by Gasteiger charge is 2.46.